The molecule has 0 radical (unpaired) electrons. The second-order valence-corrected chi connectivity index (χ2v) is 11.6. The zero-order chi connectivity index (χ0) is 26.9. The van der Waals surface area contributed by atoms with Gasteiger partial charge in [0.05, 0.1) is 25.4 Å². The first-order chi connectivity index (χ1) is 18.9. The van der Waals surface area contributed by atoms with Gasteiger partial charge in [-0.05, 0) is 55.1 Å². The third kappa shape index (κ3) is 5.79. The molecule has 1 aromatic carbocycles. The first-order valence-electron chi connectivity index (χ1n) is 14.2. The summed E-state index contributed by atoms with van der Waals surface area (Å²) < 4.78 is 28.1. The summed E-state index contributed by atoms with van der Waals surface area (Å²) in [5.41, 5.74) is 0.410. The summed E-state index contributed by atoms with van der Waals surface area (Å²) in [6.45, 7) is 7.91. The predicted molar refractivity (Wildman–Crippen MR) is 143 cm³/mol. The fourth-order valence-electron chi connectivity index (χ4n) is 5.99. The number of benzene rings is 1. The van der Waals surface area contributed by atoms with Gasteiger partial charge in [-0.2, -0.15) is 4.98 Å². The van der Waals surface area contributed by atoms with E-state index in [2.05, 4.69) is 33.9 Å². The van der Waals surface area contributed by atoms with Crippen LogP contribution in [0.2, 0.25) is 0 Å². The highest BCUT2D eigenvalue weighted by Gasteiger charge is 2.43. The number of likely N-dealkylation sites (tertiary alicyclic amines) is 1. The van der Waals surface area contributed by atoms with E-state index in [0.29, 0.717) is 42.9 Å². The topological polar surface area (TPSA) is 89.5 Å². The van der Waals surface area contributed by atoms with Crippen LogP contribution in [-0.2, 0) is 11.2 Å². The second-order valence-electron chi connectivity index (χ2n) is 11.6. The van der Waals surface area contributed by atoms with Crippen molar-refractivity contribution >= 4 is 11.9 Å². The number of ether oxygens (including phenoxy) is 1. The molecule has 2 atom stereocenters. The Morgan fingerprint density at radius 3 is 2.74 bits per heavy atom. The Kier molecular flexibility index (Phi) is 7.27. The summed E-state index contributed by atoms with van der Waals surface area (Å²) in [7, 11) is 0. The van der Waals surface area contributed by atoms with Gasteiger partial charge in [0.25, 0.3) is 0 Å². The van der Waals surface area contributed by atoms with E-state index >= 15 is 0 Å². The first kappa shape index (κ1) is 25.8. The van der Waals surface area contributed by atoms with Crippen molar-refractivity contribution in [3.05, 3.63) is 54.1 Å². The summed E-state index contributed by atoms with van der Waals surface area (Å²) in [5.74, 6) is 3.29. The van der Waals surface area contributed by atoms with E-state index in [4.69, 9.17) is 9.26 Å². The molecular weight excluding hydrogens is 499 g/mol. The Balaban J connectivity index is 0.896. The van der Waals surface area contributed by atoms with E-state index in [1.165, 1.54) is 12.5 Å². The molecule has 6 rings (SSSR count). The molecule has 3 aliphatic rings. The third-order valence-corrected chi connectivity index (χ3v) is 8.63. The lowest BCUT2D eigenvalue weighted by atomic mass is 9.90. The number of aromatic nitrogens is 4. The number of anilines is 1. The molecular formula is C29H37FN6O3. The van der Waals surface area contributed by atoms with Crippen LogP contribution in [0, 0.1) is 23.6 Å². The highest BCUT2D eigenvalue weighted by molar-refractivity contribution is 5.79. The summed E-state index contributed by atoms with van der Waals surface area (Å²) >= 11 is 0. The lowest BCUT2D eigenvalue weighted by Gasteiger charge is -2.39. The van der Waals surface area contributed by atoms with Gasteiger partial charge in [0.15, 0.2) is 5.82 Å². The van der Waals surface area contributed by atoms with Crippen molar-refractivity contribution in [1.82, 2.24) is 24.6 Å². The molecule has 1 saturated carbocycles. The van der Waals surface area contributed by atoms with E-state index in [1.54, 1.807) is 29.6 Å². The fourth-order valence-corrected chi connectivity index (χ4v) is 5.99. The van der Waals surface area contributed by atoms with Gasteiger partial charge >= 0.3 is 6.01 Å². The number of carbonyl (C=O) groups is 1. The van der Waals surface area contributed by atoms with Crippen LogP contribution in [0.1, 0.15) is 62.9 Å². The molecule has 3 fully saturated rings. The number of hydrogen-bond donors (Lipinski definition) is 0. The van der Waals surface area contributed by atoms with Crippen LogP contribution in [0.4, 0.5) is 10.4 Å². The van der Waals surface area contributed by atoms with Crippen LogP contribution in [0.5, 0.6) is 5.75 Å². The molecule has 0 spiro atoms. The molecule has 0 bridgehead atoms. The molecule has 4 heterocycles. The largest absolute Gasteiger partial charge is 0.493 e. The standard InChI is InChI=1S/C29H37FN6O3/c1-19(2)28-32-29(39-33-28)34-9-5-20(6-10-34)25-13-21(25)7-12-38-24-4-3-22(26(30)15-24)14-27(37)36-16-23(17-36)35-11-8-31-18-35/h3-4,8,11,15,18-21,23,25H,5-7,9-10,12-14,16-17H2,1-2H3/t21-,25-/m1/s1. The molecule has 2 saturated heterocycles. The minimum absolute atomic E-state index is 0.0538. The summed E-state index contributed by atoms with van der Waals surface area (Å²) in [6, 6.07) is 5.77. The molecule has 3 aromatic rings. The maximum Gasteiger partial charge on any atom is 0.324 e. The van der Waals surface area contributed by atoms with Gasteiger partial charge in [0.1, 0.15) is 11.6 Å². The number of amides is 1. The van der Waals surface area contributed by atoms with Gasteiger partial charge in [0, 0.05) is 50.6 Å². The number of carbonyl (C=O) groups excluding carboxylic acids is 1. The SMILES string of the molecule is CC(C)c1noc(N2CCC([C@H]3C[C@H]3CCOc3ccc(CC(=O)N4CC(n5ccnc5)C4)c(F)c3)CC2)n1. The van der Waals surface area contributed by atoms with Crippen LogP contribution >= 0.6 is 0 Å². The lowest BCUT2D eigenvalue weighted by Crippen LogP contribution is -2.51. The number of nitrogens with zero attached hydrogens (tertiary/aromatic N) is 6. The highest BCUT2D eigenvalue weighted by atomic mass is 19.1. The number of imidazole rings is 1. The van der Waals surface area contributed by atoms with Gasteiger partial charge in [-0.1, -0.05) is 25.1 Å². The minimum atomic E-state index is -0.384. The Morgan fingerprint density at radius 2 is 2.05 bits per heavy atom. The monoisotopic (exact) mass is 536 g/mol. The van der Waals surface area contributed by atoms with Crippen LogP contribution < -0.4 is 9.64 Å². The minimum Gasteiger partial charge on any atom is -0.493 e. The van der Waals surface area contributed by atoms with Gasteiger partial charge in [-0.15, -0.1) is 0 Å². The van der Waals surface area contributed by atoms with Crippen LogP contribution in [-0.4, -0.2) is 63.3 Å². The highest BCUT2D eigenvalue weighted by Crippen LogP contribution is 2.50. The van der Waals surface area contributed by atoms with Crippen molar-refractivity contribution in [3.8, 4) is 5.75 Å². The zero-order valence-corrected chi connectivity index (χ0v) is 22.7. The molecule has 1 aliphatic carbocycles. The van der Waals surface area contributed by atoms with Gasteiger partial charge < -0.3 is 23.6 Å². The van der Waals surface area contributed by atoms with E-state index in [-0.39, 0.29) is 30.1 Å². The Morgan fingerprint density at radius 1 is 1.23 bits per heavy atom. The maximum atomic E-state index is 14.7. The van der Waals surface area contributed by atoms with Crippen molar-refractivity contribution in [2.24, 2.45) is 17.8 Å². The Bertz CT molecular complexity index is 1260. The summed E-state index contributed by atoms with van der Waals surface area (Å²) in [6.07, 6.45) is 10.00. The zero-order valence-electron chi connectivity index (χ0n) is 22.7. The predicted octanol–water partition coefficient (Wildman–Crippen LogP) is 4.48. The molecule has 39 heavy (non-hydrogen) atoms. The van der Waals surface area contributed by atoms with Crippen molar-refractivity contribution < 1.29 is 18.4 Å². The van der Waals surface area contributed by atoms with E-state index in [9.17, 15) is 9.18 Å². The average Bonchev–Trinajstić information content (AvgIpc) is 3.26. The quantitative estimate of drug-likeness (QED) is 0.378. The second kappa shape index (κ2) is 11.0. The number of piperidine rings is 1. The van der Waals surface area contributed by atoms with Crippen molar-refractivity contribution in [3.63, 3.8) is 0 Å². The van der Waals surface area contributed by atoms with Crippen LogP contribution in [0.25, 0.3) is 0 Å². The number of halogens is 1. The normalized spacial score (nSPS) is 21.8. The van der Waals surface area contributed by atoms with Crippen molar-refractivity contribution in [1.29, 1.82) is 0 Å². The molecule has 2 aliphatic heterocycles. The third-order valence-electron chi connectivity index (χ3n) is 8.63. The van der Waals surface area contributed by atoms with Crippen LogP contribution in [0.15, 0.2) is 41.4 Å². The summed E-state index contributed by atoms with van der Waals surface area (Å²) in [4.78, 5) is 25.1. The van der Waals surface area contributed by atoms with Crippen molar-refractivity contribution in [2.45, 2.75) is 57.9 Å². The summed E-state index contributed by atoms with van der Waals surface area (Å²) in [5, 5.41) is 4.09. The molecule has 208 valence electrons. The molecule has 10 heteroatoms. The lowest BCUT2D eigenvalue weighted by molar-refractivity contribution is -0.136. The fraction of sp³-hybridized carbons (Fsp3) is 0.586. The molecule has 0 unspecified atom stereocenters. The Hall–Kier alpha value is -3.43. The molecule has 1 amide bonds. The maximum absolute atomic E-state index is 14.7. The average molecular weight is 537 g/mol. The molecule has 9 nitrogen and oxygen atoms in total. The van der Waals surface area contributed by atoms with E-state index in [0.717, 1.165) is 50.0 Å². The number of hydrogen-bond acceptors (Lipinski definition) is 7. The molecule has 2 aromatic heterocycles. The van der Waals surface area contributed by atoms with Crippen molar-refractivity contribution in [2.75, 3.05) is 37.7 Å². The van der Waals surface area contributed by atoms with Crippen LogP contribution in [0.3, 0.4) is 0 Å². The smallest absolute Gasteiger partial charge is 0.324 e. The first-order valence-corrected chi connectivity index (χ1v) is 14.2. The van der Waals surface area contributed by atoms with E-state index in [1.807, 2.05) is 10.8 Å². The Labute approximate surface area is 228 Å². The van der Waals surface area contributed by atoms with Gasteiger partial charge in [-0.25, -0.2) is 9.37 Å². The van der Waals surface area contributed by atoms with Gasteiger partial charge in [0.2, 0.25) is 5.91 Å². The molecule has 0 N–H and O–H groups in total. The van der Waals surface area contributed by atoms with E-state index < -0.39 is 0 Å². The van der Waals surface area contributed by atoms with Gasteiger partial charge in [-0.3, -0.25) is 4.79 Å². The number of rotatable bonds is 10.